The van der Waals surface area contributed by atoms with Crippen LogP contribution in [0.3, 0.4) is 0 Å². The van der Waals surface area contributed by atoms with Crippen molar-refractivity contribution in [3.63, 3.8) is 0 Å². The summed E-state index contributed by atoms with van der Waals surface area (Å²) in [6.45, 7) is 24.9. The smallest absolute Gasteiger partial charge is 0.363 e. The fraction of sp³-hybridized carbons (Fsp3) is 0.765. The van der Waals surface area contributed by atoms with Gasteiger partial charge in [-0.05, 0) is 36.3 Å². The van der Waals surface area contributed by atoms with Crippen molar-refractivity contribution in [2.75, 3.05) is 7.11 Å². The summed E-state index contributed by atoms with van der Waals surface area (Å²) in [5.74, 6) is -0.385. The van der Waals surface area contributed by atoms with Crippen molar-refractivity contribution in [1.29, 1.82) is 0 Å². The van der Waals surface area contributed by atoms with Gasteiger partial charge < -0.3 is 13.7 Å². The first-order chi connectivity index (χ1) is 10.5. The molecule has 0 saturated carbocycles. The van der Waals surface area contributed by atoms with E-state index in [9.17, 15) is 4.79 Å². The molecule has 0 aromatic rings. The van der Waals surface area contributed by atoms with E-state index in [-0.39, 0.29) is 21.5 Å². The Bertz CT molecular complexity index is 512. The number of nitrogens with zero attached hydrogens (tertiary/aromatic N) is 1. The highest BCUT2D eigenvalue weighted by atomic mass is 28.4. The van der Waals surface area contributed by atoms with Gasteiger partial charge in [0.15, 0.2) is 0 Å². The van der Waals surface area contributed by atoms with Gasteiger partial charge in [0.2, 0.25) is 5.71 Å². The third-order valence-corrected chi connectivity index (χ3v) is 13.5. The molecule has 0 unspecified atom stereocenters. The van der Waals surface area contributed by atoms with Crippen LogP contribution in [0.2, 0.25) is 36.3 Å². The summed E-state index contributed by atoms with van der Waals surface area (Å²) in [6, 6.07) is 0. The number of hydrogen-bond acceptors (Lipinski definition) is 5. The molecule has 0 aliphatic rings. The number of oxime groups is 1. The van der Waals surface area contributed by atoms with E-state index < -0.39 is 22.6 Å². The summed E-state index contributed by atoms with van der Waals surface area (Å²) in [5, 5.41) is 4.06. The number of rotatable bonds is 6. The second kappa shape index (κ2) is 7.43. The van der Waals surface area contributed by atoms with Gasteiger partial charge in [-0.1, -0.05) is 53.3 Å². The molecule has 140 valence electrons. The van der Waals surface area contributed by atoms with Crippen LogP contribution in [-0.2, 0) is 18.5 Å². The average Bonchev–Trinajstić information content (AvgIpc) is 2.34. The quantitative estimate of drug-likeness (QED) is 0.214. The minimum absolute atomic E-state index is 0.00662. The Morgan fingerprint density at radius 2 is 1.33 bits per heavy atom. The molecule has 0 fully saturated rings. The normalized spacial score (nSPS) is 14.2. The van der Waals surface area contributed by atoms with Crippen LogP contribution >= 0.6 is 0 Å². The van der Waals surface area contributed by atoms with Crippen molar-refractivity contribution in [2.24, 2.45) is 5.16 Å². The van der Waals surface area contributed by atoms with Crippen molar-refractivity contribution in [2.45, 2.75) is 77.8 Å². The van der Waals surface area contributed by atoms with E-state index in [0.29, 0.717) is 0 Å². The number of methoxy groups -OCH3 is 1. The van der Waals surface area contributed by atoms with Gasteiger partial charge in [-0.15, -0.1) is 0 Å². The van der Waals surface area contributed by atoms with E-state index in [4.69, 9.17) is 13.7 Å². The molecule has 0 bridgehead atoms. The molecule has 0 aliphatic heterocycles. The third kappa shape index (κ3) is 5.77. The molecule has 0 rings (SSSR count). The van der Waals surface area contributed by atoms with E-state index >= 15 is 0 Å². The lowest BCUT2D eigenvalue weighted by Gasteiger charge is -2.37. The Hall–Kier alpha value is -1.09. The first-order valence-electron chi connectivity index (χ1n) is 8.19. The van der Waals surface area contributed by atoms with E-state index in [0.717, 1.165) is 0 Å². The molecule has 24 heavy (non-hydrogen) atoms. The zero-order valence-electron chi connectivity index (χ0n) is 17.3. The second-order valence-corrected chi connectivity index (χ2v) is 18.5. The van der Waals surface area contributed by atoms with Gasteiger partial charge in [0.25, 0.3) is 16.6 Å². The average molecular weight is 374 g/mol. The van der Waals surface area contributed by atoms with Gasteiger partial charge in [-0.25, -0.2) is 4.79 Å². The predicted molar refractivity (Wildman–Crippen MR) is 105 cm³/mol. The largest absolute Gasteiger partial charge is 0.542 e. The number of hydrogen-bond donors (Lipinski definition) is 0. The summed E-state index contributed by atoms with van der Waals surface area (Å²) in [5.41, 5.74) is 0.00662. The Labute approximate surface area is 149 Å². The summed E-state index contributed by atoms with van der Waals surface area (Å²) < 4.78 is 16.7. The van der Waals surface area contributed by atoms with Gasteiger partial charge in [0.05, 0.1) is 7.11 Å². The van der Waals surface area contributed by atoms with Crippen LogP contribution in [0.15, 0.2) is 17.5 Å². The van der Waals surface area contributed by atoms with Crippen LogP contribution in [-0.4, -0.2) is 35.4 Å². The maximum absolute atomic E-state index is 12.1. The summed E-state index contributed by atoms with van der Waals surface area (Å²) in [7, 11) is -2.97. The SMILES string of the molecule is C=C(O[Si](C)(C)C(C)(C)C)/C(=N/O[Si](C)(C)C(C)(C)C)C(=O)OC. The van der Waals surface area contributed by atoms with Crippen LogP contribution in [0.25, 0.3) is 0 Å². The molecule has 0 heterocycles. The Balaban J connectivity index is 5.55. The molecule has 0 radical (unpaired) electrons. The lowest BCUT2D eigenvalue weighted by Crippen LogP contribution is -2.42. The van der Waals surface area contributed by atoms with Crippen LogP contribution in [0, 0.1) is 0 Å². The highest BCUT2D eigenvalue weighted by Gasteiger charge is 2.42. The minimum Gasteiger partial charge on any atom is -0.542 e. The third-order valence-electron chi connectivity index (χ3n) is 5.00. The van der Waals surface area contributed by atoms with Crippen LogP contribution in [0.5, 0.6) is 0 Å². The summed E-state index contributed by atoms with van der Waals surface area (Å²) in [6.07, 6.45) is 0. The highest BCUT2D eigenvalue weighted by Crippen LogP contribution is 2.38. The van der Waals surface area contributed by atoms with Crippen LogP contribution in [0.1, 0.15) is 41.5 Å². The molecule has 7 heteroatoms. The summed E-state index contributed by atoms with van der Waals surface area (Å²) in [4.78, 5) is 12.1. The molecule has 0 atom stereocenters. The summed E-state index contributed by atoms with van der Waals surface area (Å²) >= 11 is 0. The van der Waals surface area contributed by atoms with Gasteiger partial charge >= 0.3 is 5.97 Å². The van der Waals surface area contributed by atoms with Gasteiger partial charge in [-0.3, -0.25) is 0 Å². The van der Waals surface area contributed by atoms with Crippen molar-refractivity contribution < 1.29 is 18.5 Å². The molecular formula is C17H35NO4Si2. The molecule has 0 aromatic carbocycles. The van der Waals surface area contributed by atoms with Gasteiger partial charge in [0, 0.05) is 0 Å². The highest BCUT2D eigenvalue weighted by molar-refractivity contribution is 6.75. The van der Waals surface area contributed by atoms with E-state index in [1.54, 1.807) is 0 Å². The van der Waals surface area contributed by atoms with Crippen molar-refractivity contribution in [1.82, 2.24) is 0 Å². The minimum atomic E-state index is -2.15. The zero-order valence-corrected chi connectivity index (χ0v) is 19.3. The number of carbonyl (C=O) groups excluding carboxylic acids is 1. The van der Waals surface area contributed by atoms with Crippen LogP contribution in [0.4, 0.5) is 0 Å². The number of ether oxygens (including phenoxy) is 1. The number of esters is 1. The topological polar surface area (TPSA) is 57.1 Å². The van der Waals surface area contributed by atoms with E-state index in [1.165, 1.54) is 7.11 Å². The zero-order chi connectivity index (χ0) is 19.6. The molecule has 0 N–H and O–H groups in total. The Kier molecular flexibility index (Phi) is 7.09. The molecule has 0 saturated heterocycles. The number of carbonyl (C=O) groups is 1. The standard InChI is InChI=1S/C17H35NO4Si2/c1-13(21-23(9,10)16(2,3)4)14(15(19)20-8)18-22-24(11,12)17(5,6)7/h1H2,2-12H3/b18-14-. The van der Waals surface area contributed by atoms with Gasteiger partial charge in [0.1, 0.15) is 5.76 Å². The molecule has 0 aliphatic carbocycles. The van der Waals surface area contributed by atoms with Gasteiger partial charge in [-0.2, -0.15) is 0 Å². The Morgan fingerprint density at radius 1 is 0.917 bits per heavy atom. The molecular weight excluding hydrogens is 338 g/mol. The maximum Gasteiger partial charge on any atom is 0.363 e. The van der Waals surface area contributed by atoms with Crippen molar-refractivity contribution >= 4 is 28.3 Å². The Morgan fingerprint density at radius 3 is 1.67 bits per heavy atom. The van der Waals surface area contributed by atoms with E-state index in [2.05, 4.69) is 79.5 Å². The first-order valence-corrected chi connectivity index (χ1v) is 14.0. The molecule has 0 amide bonds. The maximum atomic E-state index is 12.1. The lowest BCUT2D eigenvalue weighted by molar-refractivity contribution is -0.132. The van der Waals surface area contributed by atoms with Crippen molar-refractivity contribution in [3.05, 3.63) is 12.3 Å². The fourth-order valence-electron chi connectivity index (χ4n) is 1.10. The van der Waals surface area contributed by atoms with Crippen LogP contribution < -0.4 is 0 Å². The second-order valence-electron chi connectivity index (χ2n) is 9.07. The molecule has 0 spiro atoms. The first kappa shape index (κ1) is 22.9. The van der Waals surface area contributed by atoms with Crippen molar-refractivity contribution in [3.8, 4) is 0 Å². The van der Waals surface area contributed by atoms with E-state index in [1.807, 2.05) is 0 Å². The monoisotopic (exact) mass is 373 g/mol. The molecule has 0 aromatic heterocycles. The molecule has 5 nitrogen and oxygen atoms in total. The fourth-order valence-corrected chi connectivity index (χ4v) is 2.72. The lowest BCUT2D eigenvalue weighted by atomic mass is 10.2. The predicted octanol–water partition coefficient (Wildman–Crippen LogP) is 5.07.